The summed E-state index contributed by atoms with van der Waals surface area (Å²) in [5.74, 6) is 0.579. The molecule has 0 unspecified atom stereocenters. The van der Waals surface area contributed by atoms with E-state index in [9.17, 15) is 4.79 Å². The van der Waals surface area contributed by atoms with E-state index in [1.165, 1.54) is 5.56 Å². The molecule has 0 atom stereocenters. The number of Topliss-reactive ketones (excluding diaryl/α,β-unsaturated/α-hetero) is 1. The van der Waals surface area contributed by atoms with Crippen molar-refractivity contribution in [2.45, 2.75) is 25.7 Å². The van der Waals surface area contributed by atoms with E-state index in [1.807, 2.05) is 36.4 Å². The number of hydrogen-bond acceptors (Lipinski definition) is 2. The number of unbranched alkanes of at least 4 members (excludes halogenated alkanes) is 1. The summed E-state index contributed by atoms with van der Waals surface area (Å²) in [7, 11) is 0. The SMILES string of the molecule is O=C(CCCCc1ccccc1)c1cc2ccccc2o1. The van der Waals surface area contributed by atoms with Gasteiger partial charge in [-0.05, 0) is 37.0 Å². The van der Waals surface area contributed by atoms with Crippen LogP contribution in [-0.4, -0.2) is 5.78 Å². The highest BCUT2D eigenvalue weighted by Gasteiger charge is 2.11. The van der Waals surface area contributed by atoms with Gasteiger partial charge in [0, 0.05) is 11.8 Å². The van der Waals surface area contributed by atoms with E-state index in [4.69, 9.17) is 4.42 Å². The fourth-order valence-electron chi connectivity index (χ4n) is 2.50. The van der Waals surface area contributed by atoms with E-state index in [0.29, 0.717) is 12.2 Å². The third-order valence-corrected chi connectivity index (χ3v) is 3.66. The smallest absolute Gasteiger partial charge is 0.198 e. The minimum absolute atomic E-state index is 0.0965. The van der Waals surface area contributed by atoms with Crippen molar-refractivity contribution in [2.24, 2.45) is 0 Å². The summed E-state index contributed by atoms with van der Waals surface area (Å²) in [5.41, 5.74) is 2.11. The van der Waals surface area contributed by atoms with Gasteiger partial charge in [-0.25, -0.2) is 0 Å². The Morgan fingerprint density at radius 2 is 1.67 bits per heavy atom. The van der Waals surface area contributed by atoms with Crippen LogP contribution in [-0.2, 0) is 6.42 Å². The molecule has 2 nitrogen and oxygen atoms in total. The standard InChI is InChI=1S/C19H18O2/c20-17(12-6-4-10-15-8-2-1-3-9-15)19-14-16-11-5-7-13-18(16)21-19/h1-3,5,7-9,11,13-14H,4,6,10,12H2. The van der Waals surface area contributed by atoms with E-state index in [-0.39, 0.29) is 5.78 Å². The summed E-state index contributed by atoms with van der Waals surface area (Å²) in [6.07, 6.45) is 3.49. The zero-order valence-electron chi connectivity index (χ0n) is 11.9. The quantitative estimate of drug-likeness (QED) is 0.467. The monoisotopic (exact) mass is 278 g/mol. The lowest BCUT2D eigenvalue weighted by molar-refractivity contribution is 0.0954. The number of carbonyl (C=O) groups is 1. The van der Waals surface area contributed by atoms with Gasteiger partial charge in [0.15, 0.2) is 11.5 Å². The zero-order valence-corrected chi connectivity index (χ0v) is 11.9. The molecule has 0 aliphatic rings. The third kappa shape index (κ3) is 3.40. The van der Waals surface area contributed by atoms with Crippen molar-refractivity contribution in [3.05, 3.63) is 72.0 Å². The Balaban J connectivity index is 1.52. The van der Waals surface area contributed by atoms with Gasteiger partial charge in [0.2, 0.25) is 0 Å². The van der Waals surface area contributed by atoms with Gasteiger partial charge in [-0.2, -0.15) is 0 Å². The van der Waals surface area contributed by atoms with Crippen LogP contribution in [0.2, 0.25) is 0 Å². The van der Waals surface area contributed by atoms with E-state index < -0.39 is 0 Å². The number of aryl methyl sites for hydroxylation is 1. The maximum absolute atomic E-state index is 12.1. The highest BCUT2D eigenvalue weighted by molar-refractivity contribution is 5.97. The molecule has 21 heavy (non-hydrogen) atoms. The Morgan fingerprint density at radius 3 is 2.48 bits per heavy atom. The summed E-state index contributed by atoms with van der Waals surface area (Å²) >= 11 is 0. The molecule has 3 rings (SSSR count). The van der Waals surface area contributed by atoms with E-state index in [2.05, 4.69) is 24.3 Å². The lowest BCUT2D eigenvalue weighted by atomic mass is 10.1. The minimum Gasteiger partial charge on any atom is -0.453 e. The van der Waals surface area contributed by atoms with Crippen molar-refractivity contribution in [1.82, 2.24) is 0 Å². The van der Waals surface area contributed by atoms with Gasteiger partial charge in [-0.1, -0.05) is 48.5 Å². The van der Waals surface area contributed by atoms with Crippen LogP contribution < -0.4 is 0 Å². The number of hydrogen-bond donors (Lipinski definition) is 0. The molecule has 2 heteroatoms. The Morgan fingerprint density at radius 1 is 0.905 bits per heavy atom. The predicted octanol–water partition coefficient (Wildman–Crippen LogP) is 5.03. The second-order valence-corrected chi connectivity index (χ2v) is 5.26. The largest absolute Gasteiger partial charge is 0.453 e. The van der Waals surface area contributed by atoms with Crippen LogP contribution >= 0.6 is 0 Å². The maximum Gasteiger partial charge on any atom is 0.198 e. The first-order chi connectivity index (χ1) is 10.3. The molecule has 2 aromatic carbocycles. The molecular formula is C19H18O2. The molecule has 0 aliphatic carbocycles. The Kier molecular flexibility index (Phi) is 4.15. The second-order valence-electron chi connectivity index (χ2n) is 5.26. The van der Waals surface area contributed by atoms with Gasteiger partial charge in [-0.3, -0.25) is 4.79 Å². The van der Waals surface area contributed by atoms with Gasteiger partial charge in [0.25, 0.3) is 0 Å². The Labute approximate surface area is 124 Å². The molecule has 0 saturated carbocycles. The lowest BCUT2D eigenvalue weighted by Crippen LogP contribution is -1.97. The van der Waals surface area contributed by atoms with E-state index in [1.54, 1.807) is 0 Å². The van der Waals surface area contributed by atoms with Crippen molar-refractivity contribution in [1.29, 1.82) is 0 Å². The number of carbonyl (C=O) groups excluding carboxylic acids is 1. The molecule has 106 valence electrons. The van der Waals surface area contributed by atoms with Crippen molar-refractivity contribution in [3.63, 3.8) is 0 Å². The van der Waals surface area contributed by atoms with Crippen molar-refractivity contribution >= 4 is 16.8 Å². The molecule has 3 aromatic rings. The van der Waals surface area contributed by atoms with Gasteiger partial charge in [-0.15, -0.1) is 0 Å². The van der Waals surface area contributed by atoms with Gasteiger partial charge in [0.1, 0.15) is 5.58 Å². The van der Waals surface area contributed by atoms with E-state index in [0.717, 1.165) is 30.2 Å². The fraction of sp³-hybridized carbons (Fsp3) is 0.211. The zero-order chi connectivity index (χ0) is 14.5. The van der Waals surface area contributed by atoms with Gasteiger partial charge < -0.3 is 4.42 Å². The first-order valence-corrected chi connectivity index (χ1v) is 7.38. The fourth-order valence-corrected chi connectivity index (χ4v) is 2.50. The predicted molar refractivity (Wildman–Crippen MR) is 84.5 cm³/mol. The average Bonchev–Trinajstić information content (AvgIpc) is 2.96. The molecule has 0 saturated heterocycles. The highest BCUT2D eigenvalue weighted by atomic mass is 16.3. The summed E-state index contributed by atoms with van der Waals surface area (Å²) in [5, 5.41) is 0.991. The van der Waals surface area contributed by atoms with Gasteiger partial charge in [0.05, 0.1) is 0 Å². The van der Waals surface area contributed by atoms with Crippen molar-refractivity contribution in [2.75, 3.05) is 0 Å². The van der Waals surface area contributed by atoms with Crippen molar-refractivity contribution < 1.29 is 9.21 Å². The molecule has 0 radical (unpaired) electrons. The number of ketones is 1. The minimum atomic E-state index is 0.0965. The normalized spacial score (nSPS) is 10.9. The van der Waals surface area contributed by atoms with Crippen LogP contribution in [0.5, 0.6) is 0 Å². The highest BCUT2D eigenvalue weighted by Crippen LogP contribution is 2.20. The summed E-state index contributed by atoms with van der Waals surface area (Å²) < 4.78 is 5.60. The second kappa shape index (κ2) is 6.40. The number of benzene rings is 2. The number of fused-ring (bicyclic) bond motifs is 1. The molecule has 1 heterocycles. The Bertz CT molecular complexity index is 692. The lowest BCUT2D eigenvalue weighted by Gasteiger charge is -2.00. The van der Waals surface area contributed by atoms with Crippen molar-refractivity contribution in [3.8, 4) is 0 Å². The molecule has 1 aromatic heterocycles. The first kappa shape index (κ1) is 13.6. The molecule has 0 bridgehead atoms. The number of rotatable bonds is 6. The van der Waals surface area contributed by atoms with Crippen LogP contribution in [0.4, 0.5) is 0 Å². The van der Waals surface area contributed by atoms with Crippen LogP contribution in [0.15, 0.2) is 65.1 Å². The van der Waals surface area contributed by atoms with Crippen LogP contribution in [0.25, 0.3) is 11.0 Å². The van der Waals surface area contributed by atoms with Crippen LogP contribution in [0.1, 0.15) is 35.4 Å². The molecule has 0 N–H and O–H groups in total. The summed E-state index contributed by atoms with van der Waals surface area (Å²) in [4.78, 5) is 12.1. The van der Waals surface area contributed by atoms with E-state index >= 15 is 0 Å². The number of para-hydroxylation sites is 1. The molecule has 0 amide bonds. The molecular weight excluding hydrogens is 260 g/mol. The van der Waals surface area contributed by atoms with Crippen LogP contribution in [0, 0.1) is 0 Å². The van der Waals surface area contributed by atoms with Crippen LogP contribution in [0.3, 0.4) is 0 Å². The maximum atomic E-state index is 12.1. The summed E-state index contributed by atoms with van der Waals surface area (Å²) in [6.45, 7) is 0. The number of furan rings is 1. The average molecular weight is 278 g/mol. The first-order valence-electron chi connectivity index (χ1n) is 7.38. The topological polar surface area (TPSA) is 30.2 Å². The Hall–Kier alpha value is -2.35. The summed E-state index contributed by atoms with van der Waals surface area (Å²) in [6, 6.07) is 19.9. The molecule has 0 fully saturated rings. The molecule has 0 aliphatic heterocycles. The van der Waals surface area contributed by atoms with Gasteiger partial charge >= 0.3 is 0 Å². The third-order valence-electron chi connectivity index (χ3n) is 3.66. The molecule has 0 spiro atoms.